The average Bonchev–Trinajstić information content (AvgIpc) is 2.74. The van der Waals surface area contributed by atoms with E-state index >= 15 is 0 Å². The number of aryl methyl sites for hydroxylation is 2. The third-order valence-electron chi connectivity index (χ3n) is 4.65. The number of nitrogens with one attached hydrogen (secondary N) is 1. The van der Waals surface area contributed by atoms with Crippen LogP contribution in [0.5, 0.6) is 5.75 Å². The van der Waals surface area contributed by atoms with E-state index in [1.54, 1.807) is 60.7 Å². The van der Waals surface area contributed by atoms with E-state index in [2.05, 4.69) is 5.32 Å². The molecule has 3 rings (SSSR count). The van der Waals surface area contributed by atoms with Crippen LogP contribution in [0.3, 0.4) is 0 Å². The van der Waals surface area contributed by atoms with E-state index in [1.165, 1.54) is 0 Å². The van der Waals surface area contributed by atoms with Crippen LogP contribution in [0.1, 0.15) is 18.1 Å². The van der Waals surface area contributed by atoms with Crippen LogP contribution in [-0.2, 0) is 14.8 Å². The Morgan fingerprint density at radius 1 is 0.935 bits per heavy atom. The number of nitrogens with zero attached hydrogens (tertiary/aromatic N) is 1. The summed E-state index contributed by atoms with van der Waals surface area (Å²) < 4.78 is 33.5. The molecule has 0 saturated carbocycles. The second kappa shape index (κ2) is 9.66. The molecule has 3 aromatic carbocycles. The molecule has 31 heavy (non-hydrogen) atoms. The number of carbonyl (C=O) groups is 1. The van der Waals surface area contributed by atoms with Gasteiger partial charge in [-0.15, -0.1) is 0 Å². The molecule has 1 N–H and O–H groups in total. The molecule has 0 aliphatic rings. The SMILES string of the molecule is CCOc1ccccc1NC(=O)CN(c1cccc(C)c1)S(=O)(=O)c1ccc(C)cc1. The van der Waals surface area contributed by atoms with E-state index in [0.29, 0.717) is 23.7 Å². The Labute approximate surface area is 183 Å². The number of carbonyl (C=O) groups excluding carboxylic acids is 1. The molecule has 0 saturated heterocycles. The van der Waals surface area contributed by atoms with E-state index in [-0.39, 0.29) is 11.4 Å². The lowest BCUT2D eigenvalue weighted by atomic mass is 10.2. The maximum Gasteiger partial charge on any atom is 0.264 e. The molecule has 1 amide bonds. The number of hydrogen-bond donors (Lipinski definition) is 1. The average molecular weight is 439 g/mol. The Morgan fingerprint density at radius 3 is 2.32 bits per heavy atom. The zero-order valence-corrected chi connectivity index (χ0v) is 18.6. The van der Waals surface area contributed by atoms with Crippen molar-refractivity contribution < 1.29 is 17.9 Å². The molecule has 3 aromatic rings. The van der Waals surface area contributed by atoms with Crippen molar-refractivity contribution in [2.45, 2.75) is 25.7 Å². The molecular weight excluding hydrogens is 412 g/mol. The van der Waals surface area contributed by atoms with Crippen molar-refractivity contribution in [3.05, 3.63) is 83.9 Å². The second-order valence-corrected chi connectivity index (χ2v) is 9.00. The van der Waals surface area contributed by atoms with Crippen molar-refractivity contribution in [3.8, 4) is 5.75 Å². The van der Waals surface area contributed by atoms with Gasteiger partial charge in [0.1, 0.15) is 12.3 Å². The Balaban J connectivity index is 1.94. The van der Waals surface area contributed by atoms with E-state index in [1.807, 2.05) is 32.9 Å². The summed E-state index contributed by atoms with van der Waals surface area (Å²) in [5, 5.41) is 2.77. The van der Waals surface area contributed by atoms with E-state index in [4.69, 9.17) is 4.74 Å². The van der Waals surface area contributed by atoms with Gasteiger partial charge in [0.15, 0.2) is 0 Å². The molecule has 0 aromatic heterocycles. The van der Waals surface area contributed by atoms with Crippen LogP contribution in [0.25, 0.3) is 0 Å². The molecule has 0 unspecified atom stereocenters. The Kier molecular flexibility index (Phi) is 6.97. The van der Waals surface area contributed by atoms with Gasteiger partial charge in [-0.2, -0.15) is 0 Å². The minimum Gasteiger partial charge on any atom is -0.492 e. The van der Waals surface area contributed by atoms with Gasteiger partial charge in [-0.1, -0.05) is 42.0 Å². The number of anilines is 2. The van der Waals surface area contributed by atoms with Gasteiger partial charge in [-0.05, 0) is 62.7 Å². The fraction of sp³-hybridized carbons (Fsp3) is 0.208. The van der Waals surface area contributed by atoms with Gasteiger partial charge in [-0.25, -0.2) is 8.42 Å². The minimum atomic E-state index is -3.95. The van der Waals surface area contributed by atoms with Crippen molar-refractivity contribution in [3.63, 3.8) is 0 Å². The Morgan fingerprint density at radius 2 is 1.65 bits per heavy atom. The molecule has 0 heterocycles. The fourth-order valence-electron chi connectivity index (χ4n) is 3.11. The van der Waals surface area contributed by atoms with Crippen LogP contribution in [0.2, 0.25) is 0 Å². The van der Waals surface area contributed by atoms with Crippen LogP contribution in [0, 0.1) is 13.8 Å². The standard InChI is InChI=1S/C24H26N2O4S/c1-4-30-23-11-6-5-10-22(23)25-24(27)17-26(20-9-7-8-19(3)16-20)31(28,29)21-14-12-18(2)13-15-21/h5-16H,4,17H2,1-3H3,(H,25,27). The predicted octanol–water partition coefficient (Wildman–Crippen LogP) is 4.54. The zero-order chi connectivity index (χ0) is 22.4. The first-order chi connectivity index (χ1) is 14.8. The quantitative estimate of drug-likeness (QED) is 0.560. The molecule has 0 aliphatic carbocycles. The van der Waals surface area contributed by atoms with Crippen molar-refractivity contribution in [1.82, 2.24) is 0 Å². The third-order valence-corrected chi connectivity index (χ3v) is 6.43. The molecule has 0 fully saturated rings. The number of benzene rings is 3. The van der Waals surface area contributed by atoms with Gasteiger partial charge in [0.25, 0.3) is 10.0 Å². The molecule has 0 bridgehead atoms. The molecule has 0 spiro atoms. The van der Waals surface area contributed by atoms with Gasteiger partial charge < -0.3 is 10.1 Å². The maximum atomic E-state index is 13.4. The van der Waals surface area contributed by atoms with Crippen LogP contribution >= 0.6 is 0 Å². The Hall–Kier alpha value is -3.32. The summed E-state index contributed by atoms with van der Waals surface area (Å²) in [6.07, 6.45) is 0. The fourth-order valence-corrected chi connectivity index (χ4v) is 4.52. The lowest BCUT2D eigenvalue weighted by Crippen LogP contribution is -2.38. The summed E-state index contributed by atoms with van der Waals surface area (Å²) in [6.45, 7) is 5.69. The summed E-state index contributed by atoms with van der Waals surface area (Å²) in [5.41, 5.74) is 2.76. The van der Waals surface area contributed by atoms with Crippen LogP contribution in [-0.4, -0.2) is 27.5 Å². The molecule has 162 valence electrons. The summed E-state index contributed by atoms with van der Waals surface area (Å²) >= 11 is 0. The van der Waals surface area contributed by atoms with Gasteiger partial charge in [0.05, 0.1) is 22.9 Å². The van der Waals surface area contributed by atoms with Crippen molar-refractivity contribution in [1.29, 1.82) is 0 Å². The number of hydrogen-bond acceptors (Lipinski definition) is 4. The molecule has 0 radical (unpaired) electrons. The van der Waals surface area contributed by atoms with Gasteiger partial charge in [-0.3, -0.25) is 9.10 Å². The molecule has 7 heteroatoms. The monoisotopic (exact) mass is 438 g/mol. The summed E-state index contributed by atoms with van der Waals surface area (Å²) in [6, 6.07) is 20.7. The van der Waals surface area contributed by atoms with Gasteiger partial charge in [0.2, 0.25) is 5.91 Å². The van der Waals surface area contributed by atoms with Crippen LogP contribution in [0.15, 0.2) is 77.7 Å². The zero-order valence-electron chi connectivity index (χ0n) is 17.8. The second-order valence-electron chi connectivity index (χ2n) is 7.14. The number of rotatable bonds is 8. The number of ether oxygens (including phenoxy) is 1. The Bertz CT molecular complexity index is 1160. The van der Waals surface area contributed by atoms with E-state index < -0.39 is 15.9 Å². The van der Waals surface area contributed by atoms with E-state index in [9.17, 15) is 13.2 Å². The maximum absolute atomic E-state index is 13.4. The van der Waals surface area contributed by atoms with Crippen LogP contribution < -0.4 is 14.4 Å². The van der Waals surface area contributed by atoms with Crippen molar-refractivity contribution in [2.24, 2.45) is 0 Å². The van der Waals surface area contributed by atoms with Gasteiger partial charge >= 0.3 is 0 Å². The topological polar surface area (TPSA) is 75.7 Å². The highest BCUT2D eigenvalue weighted by Crippen LogP contribution is 2.26. The largest absolute Gasteiger partial charge is 0.492 e. The lowest BCUT2D eigenvalue weighted by Gasteiger charge is -2.24. The summed E-state index contributed by atoms with van der Waals surface area (Å²) in [5.74, 6) is 0.0613. The first-order valence-electron chi connectivity index (χ1n) is 9.99. The normalized spacial score (nSPS) is 11.1. The number of sulfonamides is 1. The molecule has 6 nitrogen and oxygen atoms in total. The van der Waals surface area contributed by atoms with E-state index in [0.717, 1.165) is 15.4 Å². The summed E-state index contributed by atoms with van der Waals surface area (Å²) in [4.78, 5) is 13.0. The first-order valence-corrected chi connectivity index (χ1v) is 11.4. The number of para-hydroxylation sites is 2. The highest BCUT2D eigenvalue weighted by Gasteiger charge is 2.27. The van der Waals surface area contributed by atoms with Crippen LogP contribution in [0.4, 0.5) is 11.4 Å². The predicted molar refractivity (Wildman–Crippen MR) is 123 cm³/mol. The highest BCUT2D eigenvalue weighted by atomic mass is 32.2. The summed E-state index contributed by atoms with van der Waals surface area (Å²) in [7, 11) is -3.95. The smallest absolute Gasteiger partial charge is 0.264 e. The van der Waals surface area contributed by atoms with Crippen molar-refractivity contribution in [2.75, 3.05) is 22.8 Å². The molecule has 0 atom stereocenters. The highest BCUT2D eigenvalue weighted by molar-refractivity contribution is 7.92. The third kappa shape index (κ3) is 5.44. The number of amides is 1. The molecular formula is C24H26N2O4S. The molecule has 0 aliphatic heterocycles. The minimum absolute atomic E-state index is 0.127. The lowest BCUT2D eigenvalue weighted by molar-refractivity contribution is -0.114. The van der Waals surface area contributed by atoms with Gasteiger partial charge in [0, 0.05) is 0 Å². The first kappa shape index (κ1) is 22.4. The van der Waals surface area contributed by atoms with Crippen molar-refractivity contribution >= 4 is 27.3 Å².